The van der Waals surface area contributed by atoms with Gasteiger partial charge in [0.1, 0.15) is 11.6 Å². The Morgan fingerprint density at radius 3 is 2.88 bits per heavy atom. The molecule has 1 aliphatic carbocycles. The number of aryl methyl sites for hydroxylation is 1. The molecular formula is C20H18F2N2O. The molecule has 2 N–H and O–H groups in total. The van der Waals surface area contributed by atoms with Gasteiger partial charge in [0.15, 0.2) is 0 Å². The molecule has 1 unspecified atom stereocenters. The molecule has 4 rings (SSSR count). The van der Waals surface area contributed by atoms with E-state index in [0.29, 0.717) is 12.0 Å². The first-order valence-corrected chi connectivity index (χ1v) is 8.42. The van der Waals surface area contributed by atoms with Crippen LogP contribution in [0.1, 0.15) is 23.2 Å². The van der Waals surface area contributed by atoms with Gasteiger partial charge in [-0.3, -0.25) is 4.79 Å². The first-order chi connectivity index (χ1) is 12.1. The van der Waals surface area contributed by atoms with E-state index < -0.39 is 0 Å². The molecule has 0 fully saturated rings. The Bertz CT molecular complexity index is 948. The molecule has 0 spiro atoms. The Morgan fingerprint density at radius 2 is 2.04 bits per heavy atom. The molecule has 1 atom stereocenters. The fraction of sp³-hybridized carbons (Fsp3) is 0.250. The average Bonchev–Trinajstić information content (AvgIpc) is 2.94. The van der Waals surface area contributed by atoms with E-state index in [1.807, 2.05) is 0 Å². The van der Waals surface area contributed by atoms with Gasteiger partial charge in [-0.25, -0.2) is 8.78 Å². The Balaban J connectivity index is 1.49. The van der Waals surface area contributed by atoms with Crippen molar-refractivity contribution in [3.05, 3.63) is 70.9 Å². The van der Waals surface area contributed by atoms with Gasteiger partial charge in [-0.2, -0.15) is 0 Å². The summed E-state index contributed by atoms with van der Waals surface area (Å²) in [5, 5.41) is 3.87. The molecule has 128 valence electrons. The van der Waals surface area contributed by atoms with Gasteiger partial charge < -0.3 is 10.3 Å². The summed E-state index contributed by atoms with van der Waals surface area (Å²) in [4.78, 5) is 15.6. The minimum absolute atomic E-state index is 0.0194. The van der Waals surface area contributed by atoms with Crippen molar-refractivity contribution >= 4 is 16.8 Å². The average molecular weight is 340 g/mol. The third-order valence-electron chi connectivity index (χ3n) is 4.82. The summed E-state index contributed by atoms with van der Waals surface area (Å²) >= 11 is 0. The molecule has 0 radical (unpaired) electrons. The van der Waals surface area contributed by atoms with Gasteiger partial charge >= 0.3 is 0 Å². The van der Waals surface area contributed by atoms with Crippen LogP contribution in [0.15, 0.2) is 42.5 Å². The molecule has 3 aromatic rings. The minimum atomic E-state index is -0.365. The van der Waals surface area contributed by atoms with Gasteiger partial charge in [-0.15, -0.1) is 0 Å². The van der Waals surface area contributed by atoms with Crippen LogP contribution in [0.5, 0.6) is 0 Å². The Labute approximate surface area is 144 Å². The van der Waals surface area contributed by atoms with E-state index >= 15 is 0 Å². The summed E-state index contributed by atoms with van der Waals surface area (Å²) in [5.74, 6) is -0.819. The summed E-state index contributed by atoms with van der Waals surface area (Å²) in [7, 11) is 0. The molecule has 1 aliphatic rings. The monoisotopic (exact) mass is 340 g/mol. The van der Waals surface area contributed by atoms with E-state index in [9.17, 15) is 13.6 Å². The lowest BCUT2D eigenvalue weighted by molar-refractivity contribution is -0.121. The zero-order chi connectivity index (χ0) is 17.4. The van der Waals surface area contributed by atoms with E-state index in [0.717, 1.165) is 35.0 Å². The number of aromatic nitrogens is 1. The Hall–Kier alpha value is -2.69. The van der Waals surface area contributed by atoms with Crippen LogP contribution in [0, 0.1) is 11.6 Å². The lowest BCUT2D eigenvalue weighted by Crippen LogP contribution is -2.39. The van der Waals surface area contributed by atoms with Crippen LogP contribution in [-0.4, -0.2) is 16.9 Å². The molecule has 0 saturated carbocycles. The maximum Gasteiger partial charge on any atom is 0.224 e. The van der Waals surface area contributed by atoms with Gasteiger partial charge in [0.25, 0.3) is 0 Å². The molecule has 1 aromatic heterocycles. The fourth-order valence-corrected chi connectivity index (χ4v) is 3.61. The maximum atomic E-state index is 13.7. The first kappa shape index (κ1) is 15.8. The smallest absolute Gasteiger partial charge is 0.224 e. The lowest BCUT2D eigenvalue weighted by Gasteiger charge is -2.23. The summed E-state index contributed by atoms with van der Waals surface area (Å²) in [6.45, 7) is 0. The third kappa shape index (κ3) is 3.14. The minimum Gasteiger partial charge on any atom is -0.358 e. The van der Waals surface area contributed by atoms with E-state index in [-0.39, 0.29) is 30.0 Å². The van der Waals surface area contributed by atoms with Gasteiger partial charge in [0.05, 0.1) is 6.42 Å². The normalized spacial score (nSPS) is 16.6. The molecular weight excluding hydrogens is 322 g/mol. The number of H-pyrrole nitrogens is 1. The predicted molar refractivity (Wildman–Crippen MR) is 92.3 cm³/mol. The Kier molecular flexibility index (Phi) is 3.99. The van der Waals surface area contributed by atoms with E-state index in [2.05, 4.69) is 10.3 Å². The van der Waals surface area contributed by atoms with Crippen molar-refractivity contribution < 1.29 is 13.6 Å². The largest absolute Gasteiger partial charge is 0.358 e. The number of carbonyl (C=O) groups is 1. The van der Waals surface area contributed by atoms with Crippen LogP contribution < -0.4 is 5.32 Å². The van der Waals surface area contributed by atoms with Crippen LogP contribution in [0.25, 0.3) is 10.9 Å². The predicted octanol–water partition coefficient (Wildman–Crippen LogP) is 3.66. The number of hydrogen-bond acceptors (Lipinski definition) is 1. The maximum absolute atomic E-state index is 13.7. The molecule has 1 amide bonds. The lowest BCUT2D eigenvalue weighted by atomic mass is 9.91. The molecule has 1 heterocycles. The number of benzene rings is 2. The van der Waals surface area contributed by atoms with Crippen molar-refractivity contribution in [1.29, 1.82) is 0 Å². The van der Waals surface area contributed by atoms with Crippen LogP contribution in [0.4, 0.5) is 8.78 Å². The van der Waals surface area contributed by atoms with Gasteiger partial charge in [0.2, 0.25) is 5.91 Å². The molecule has 25 heavy (non-hydrogen) atoms. The fourth-order valence-electron chi connectivity index (χ4n) is 3.61. The van der Waals surface area contributed by atoms with Crippen LogP contribution in [-0.2, 0) is 24.1 Å². The standard InChI is InChI=1S/C20H18F2N2O/c21-13-5-7-18-15(10-13)16-11-14(6-8-19(16)24-18)23-20(25)9-12-3-1-2-4-17(12)22/h1-5,7,10,14,24H,6,8-9,11H2,(H,23,25). The highest BCUT2D eigenvalue weighted by atomic mass is 19.1. The van der Waals surface area contributed by atoms with Gasteiger partial charge in [0, 0.05) is 22.6 Å². The van der Waals surface area contributed by atoms with Crippen LogP contribution in [0.2, 0.25) is 0 Å². The number of carbonyl (C=O) groups excluding carboxylic acids is 1. The summed E-state index contributed by atoms with van der Waals surface area (Å²) < 4.78 is 27.2. The molecule has 0 bridgehead atoms. The summed E-state index contributed by atoms with van der Waals surface area (Å²) in [6.07, 6.45) is 2.29. The quantitative estimate of drug-likeness (QED) is 0.751. The number of rotatable bonds is 3. The summed E-state index contributed by atoms with van der Waals surface area (Å²) in [6, 6.07) is 11.0. The number of aromatic amines is 1. The van der Waals surface area contributed by atoms with Crippen molar-refractivity contribution in [3.63, 3.8) is 0 Å². The van der Waals surface area contributed by atoms with Crippen molar-refractivity contribution in [2.75, 3.05) is 0 Å². The number of hydrogen-bond donors (Lipinski definition) is 2. The highest BCUT2D eigenvalue weighted by Gasteiger charge is 2.24. The second kappa shape index (κ2) is 6.31. The summed E-state index contributed by atoms with van der Waals surface area (Å²) in [5.41, 5.74) is 3.49. The van der Waals surface area contributed by atoms with Crippen molar-refractivity contribution in [3.8, 4) is 0 Å². The van der Waals surface area contributed by atoms with Crippen molar-refractivity contribution in [1.82, 2.24) is 10.3 Å². The van der Waals surface area contributed by atoms with Crippen LogP contribution >= 0.6 is 0 Å². The van der Waals surface area contributed by atoms with Gasteiger partial charge in [-0.05, 0) is 54.7 Å². The zero-order valence-corrected chi connectivity index (χ0v) is 13.6. The first-order valence-electron chi connectivity index (χ1n) is 8.42. The Morgan fingerprint density at radius 1 is 1.20 bits per heavy atom. The van der Waals surface area contributed by atoms with E-state index in [1.165, 1.54) is 18.2 Å². The third-order valence-corrected chi connectivity index (χ3v) is 4.82. The molecule has 0 saturated heterocycles. The second-order valence-electron chi connectivity index (χ2n) is 6.55. The molecule has 5 heteroatoms. The van der Waals surface area contributed by atoms with Crippen molar-refractivity contribution in [2.24, 2.45) is 0 Å². The van der Waals surface area contributed by atoms with Crippen molar-refractivity contribution in [2.45, 2.75) is 31.7 Å². The second-order valence-corrected chi connectivity index (χ2v) is 6.55. The highest BCUT2D eigenvalue weighted by Crippen LogP contribution is 2.29. The number of nitrogens with one attached hydrogen (secondary N) is 2. The molecule has 0 aliphatic heterocycles. The SMILES string of the molecule is O=C(Cc1ccccc1F)NC1CCc2[nH]c3ccc(F)cc3c2C1. The molecule has 3 nitrogen and oxygen atoms in total. The van der Waals surface area contributed by atoms with E-state index in [1.54, 1.807) is 24.3 Å². The topological polar surface area (TPSA) is 44.9 Å². The number of fused-ring (bicyclic) bond motifs is 3. The van der Waals surface area contributed by atoms with Gasteiger partial charge in [-0.1, -0.05) is 18.2 Å². The molecule has 2 aromatic carbocycles. The highest BCUT2D eigenvalue weighted by molar-refractivity contribution is 5.85. The zero-order valence-electron chi connectivity index (χ0n) is 13.6. The number of amides is 1. The van der Waals surface area contributed by atoms with E-state index in [4.69, 9.17) is 0 Å². The number of halogens is 2. The van der Waals surface area contributed by atoms with Crippen LogP contribution in [0.3, 0.4) is 0 Å².